The Balaban J connectivity index is 1.52. The highest BCUT2D eigenvalue weighted by Crippen LogP contribution is 2.30. The number of nitrogens with one attached hydrogen (secondary N) is 2. The van der Waals surface area contributed by atoms with Gasteiger partial charge in [0.15, 0.2) is 0 Å². The Kier molecular flexibility index (Phi) is 5.03. The lowest BCUT2D eigenvalue weighted by Crippen LogP contribution is -2.14. The first-order valence-electron chi connectivity index (χ1n) is 8.92. The van der Waals surface area contributed by atoms with Gasteiger partial charge >= 0.3 is 0 Å². The Hall–Kier alpha value is -4.00. The molecule has 7 heteroatoms. The van der Waals surface area contributed by atoms with E-state index in [9.17, 15) is 4.79 Å². The van der Waals surface area contributed by atoms with Crippen LogP contribution in [0.1, 0.15) is 10.4 Å². The van der Waals surface area contributed by atoms with Crippen molar-refractivity contribution in [2.24, 2.45) is 0 Å². The molecule has 0 aliphatic rings. The number of rotatable bonds is 6. The molecule has 0 bridgehead atoms. The molecule has 4 rings (SSSR count). The summed E-state index contributed by atoms with van der Waals surface area (Å²) in [6.45, 7) is 0. The van der Waals surface area contributed by atoms with Crippen LogP contribution >= 0.6 is 0 Å². The Bertz CT molecular complexity index is 1130. The van der Waals surface area contributed by atoms with Crippen molar-refractivity contribution in [3.05, 3.63) is 72.6 Å². The molecule has 1 amide bonds. The van der Waals surface area contributed by atoms with Gasteiger partial charge in [0.1, 0.15) is 22.8 Å². The minimum Gasteiger partial charge on any atom is -0.496 e. The second-order valence-corrected chi connectivity index (χ2v) is 6.17. The zero-order chi connectivity index (χ0) is 20.2. The number of pyridine rings is 1. The molecule has 2 N–H and O–H groups in total. The molecule has 29 heavy (non-hydrogen) atoms. The van der Waals surface area contributed by atoms with Crippen molar-refractivity contribution < 1.29 is 19.0 Å². The standard InChI is InChI=1S/C22H19N3O4/c1-27-18-7-4-8-19(28-2)21(18)22(26)25-14-9-10-20(24-13-14)29-17-6-3-5-16-15(17)11-12-23-16/h3-13,23H,1-2H3,(H,25,26). The van der Waals surface area contributed by atoms with Gasteiger partial charge < -0.3 is 24.5 Å². The summed E-state index contributed by atoms with van der Waals surface area (Å²) in [5.41, 5.74) is 1.82. The SMILES string of the molecule is COc1cccc(OC)c1C(=O)Nc1ccc(Oc2cccc3[nH]ccc23)nc1. The van der Waals surface area contributed by atoms with Crippen LogP contribution in [-0.2, 0) is 0 Å². The molecule has 0 unspecified atom stereocenters. The summed E-state index contributed by atoms with van der Waals surface area (Å²) < 4.78 is 16.4. The Morgan fingerprint density at radius 2 is 1.66 bits per heavy atom. The van der Waals surface area contributed by atoms with Crippen LogP contribution < -0.4 is 19.5 Å². The predicted octanol–water partition coefficient (Wildman–Crippen LogP) is 4.62. The number of nitrogens with zero attached hydrogens (tertiary/aromatic N) is 1. The molecule has 0 aliphatic heterocycles. The molecular weight excluding hydrogens is 370 g/mol. The Labute approximate surface area is 167 Å². The van der Waals surface area contributed by atoms with Gasteiger partial charge in [-0.05, 0) is 36.4 Å². The molecule has 2 heterocycles. The van der Waals surface area contributed by atoms with Gasteiger partial charge in [0.2, 0.25) is 5.88 Å². The van der Waals surface area contributed by atoms with Crippen molar-refractivity contribution in [2.75, 3.05) is 19.5 Å². The number of anilines is 1. The smallest absolute Gasteiger partial charge is 0.263 e. The first-order chi connectivity index (χ1) is 14.2. The van der Waals surface area contributed by atoms with E-state index in [4.69, 9.17) is 14.2 Å². The molecule has 0 radical (unpaired) electrons. The van der Waals surface area contributed by atoms with Crippen molar-refractivity contribution in [3.8, 4) is 23.1 Å². The van der Waals surface area contributed by atoms with E-state index in [1.165, 1.54) is 20.4 Å². The first-order valence-corrected chi connectivity index (χ1v) is 8.92. The number of amides is 1. The number of aromatic amines is 1. The van der Waals surface area contributed by atoms with E-state index in [0.717, 1.165) is 10.9 Å². The minimum atomic E-state index is -0.355. The number of carbonyl (C=O) groups excluding carboxylic acids is 1. The Morgan fingerprint density at radius 1 is 0.931 bits per heavy atom. The van der Waals surface area contributed by atoms with Crippen LogP contribution in [0.2, 0.25) is 0 Å². The number of H-pyrrole nitrogens is 1. The van der Waals surface area contributed by atoms with E-state index in [1.807, 2.05) is 30.5 Å². The van der Waals surface area contributed by atoms with Crippen molar-refractivity contribution in [2.45, 2.75) is 0 Å². The van der Waals surface area contributed by atoms with Crippen molar-refractivity contribution >= 4 is 22.5 Å². The van der Waals surface area contributed by atoms with E-state index >= 15 is 0 Å². The van der Waals surface area contributed by atoms with Gasteiger partial charge in [-0.25, -0.2) is 4.98 Å². The molecule has 146 valence electrons. The molecule has 0 saturated carbocycles. The van der Waals surface area contributed by atoms with Gasteiger partial charge in [-0.2, -0.15) is 0 Å². The number of ether oxygens (including phenoxy) is 3. The molecule has 0 aliphatic carbocycles. The fourth-order valence-electron chi connectivity index (χ4n) is 3.04. The molecule has 0 saturated heterocycles. The lowest BCUT2D eigenvalue weighted by Gasteiger charge is -2.13. The highest BCUT2D eigenvalue weighted by Gasteiger charge is 2.18. The average Bonchev–Trinajstić information content (AvgIpc) is 3.24. The second-order valence-electron chi connectivity index (χ2n) is 6.17. The fourth-order valence-corrected chi connectivity index (χ4v) is 3.04. The van der Waals surface area contributed by atoms with Crippen molar-refractivity contribution in [3.63, 3.8) is 0 Å². The van der Waals surface area contributed by atoms with Gasteiger partial charge in [-0.3, -0.25) is 4.79 Å². The molecule has 0 spiro atoms. The third-order valence-electron chi connectivity index (χ3n) is 4.42. The molecule has 2 aromatic heterocycles. The van der Waals surface area contributed by atoms with Crippen LogP contribution in [0.15, 0.2) is 67.0 Å². The van der Waals surface area contributed by atoms with Gasteiger partial charge in [0.05, 0.1) is 26.1 Å². The van der Waals surface area contributed by atoms with Crippen LogP contribution in [0, 0.1) is 0 Å². The van der Waals surface area contributed by atoms with Crippen LogP contribution in [0.3, 0.4) is 0 Å². The van der Waals surface area contributed by atoms with Crippen molar-refractivity contribution in [1.82, 2.24) is 9.97 Å². The highest BCUT2D eigenvalue weighted by molar-refractivity contribution is 6.08. The summed E-state index contributed by atoms with van der Waals surface area (Å²) in [4.78, 5) is 20.2. The number of benzene rings is 2. The molecule has 0 fully saturated rings. The summed E-state index contributed by atoms with van der Waals surface area (Å²) in [5, 5.41) is 3.77. The maximum atomic E-state index is 12.7. The summed E-state index contributed by atoms with van der Waals surface area (Å²) in [5.74, 6) is 1.62. The lowest BCUT2D eigenvalue weighted by molar-refractivity contribution is 0.102. The van der Waals surface area contributed by atoms with Crippen LogP contribution in [0.25, 0.3) is 10.9 Å². The summed E-state index contributed by atoms with van der Waals surface area (Å²) in [6.07, 6.45) is 3.39. The van der Waals surface area contributed by atoms with Gasteiger partial charge in [-0.1, -0.05) is 12.1 Å². The number of carbonyl (C=O) groups is 1. The number of fused-ring (bicyclic) bond motifs is 1. The summed E-state index contributed by atoms with van der Waals surface area (Å²) in [6, 6.07) is 16.3. The van der Waals surface area contributed by atoms with E-state index in [-0.39, 0.29) is 5.91 Å². The largest absolute Gasteiger partial charge is 0.496 e. The Morgan fingerprint density at radius 3 is 2.34 bits per heavy atom. The number of aromatic nitrogens is 2. The van der Waals surface area contributed by atoms with E-state index in [0.29, 0.717) is 34.4 Å². The minimum absolute atomic E-state index is 0.317. The molecular formula is C22H19N3O4. The average molecular weight is 389 g/mol. The summed E-state index contributed by atoms with van der Waals surface area (Å²) >= 11 is 0. The topological polar surface area (TPSA) is 85.5 Å². The van der Waals surface area contributed by atoms with Gasteiger partial charge in [0.25, 0.3) is 5.91 Å². The molecule has 4 aromatic rings. The maximum Gasteiger partial charge on any atom is 0.263 e. The number of hydrogen-bond acceptors (Lipinski definition) is 5. The van der Waals surface area contributed by atoms with E-state index in [2.05, 4.69) is 15.3 Å². The molecule has 0 atom stereocenters. The van der Waals surface area contributed by atoms with Gasteiger partial charge in [0, 0.05) is 23.2 Å². The third kappa shape index (κ3) is 3.70. The maximum absolute atomic E-state index is 12.7. The predicted molar refractivity (Wildman–Crippen MR) is 110 cm³/mol. The fraction of sp³-hybridized carbons (Fsp3) is 0.0909. The lowest BCUT2D eigenvalue weighted by atomic mass is 10.1. The quantitative estimate of drug-likeness (QED) is 0.502. The molecule has 7 nitrogen and oxygen atoms in total. The van der Waals surface area contributed by atoms with Crippen LogP contribution in [0.4, 0.5) is 5.69 Å². The van der Waals surface area contributed by atoms with Gasteiger partial charge in [-0.15, -0.1) is 0 Å². The third-order valence-corrected chi connectivity index (χ3v) is 4.42. The van der Waals surface area contributed by atoms with E-state index in [1.54, 1.807) is 30.3 Å². The zero-order valence-corrected chi connectivity index (χ0v) is 15.9. The highest BCUT2D eigenvalue weighted by atomic mass is 16.5. The van der Waals surface area contributed by atoms with E-state index < -0.39 is 0 Å². The normalized spacial score (nSPS) is 10.6. The zero-order valence-electron chi connectivity index (χ0n) is 15.9. The van der Waals surface area contributed by atoms with Crippen molar-refractivity contribution in [1.29, 1.82) is 0 Å². The van der Waals surface area contributed by atoms with Crippen LogP contribution in [-0.4, -0.2) is 30.1 Å². The number of methoxy groups -OCH3 is 2. The second kappa shape index (κ2) is 7.93. The molecule has 2 aromatic carbocycles. The monoisotopic (exact) mass is 389 g/mol. The first kappa shape index (κ1) is 18.4. The summed E-state index contributed by atoms with van der Waals surface area (Å²) in [7, 11) is 3.01. The number of hydrogen-bond donors (Lipinski definition) is 2. The van der Waals surface area contributed by atoms with Crippen LogP contribution in [0.5, 0.6) is 23.1 Å².